The van der Waals surface area contributed by atoms with Crippen LogP contribution in [0.25, 0.3) is 0 Å². The summed E-state index contributed by atoms with van der Waals surface area (Å²) in [6.45, 7) is 2.94. The van der Waals surface area contributed by atoms with Crippen molar-refractivity contribution in [3.05, 3.63) is 36.3 Å². The molecule has 0 atom stereocenters. The predicted octanol–water partition coefficient (Wildman–Crippen LogP) is 3.19. The number of rotatable bonds is 4. The van der Waals surface area contributed by atoms with Crippen LogP contribution in [0.4, 0.5) is 26.2 Å². The fourth-order valence-electron chi connectivity index (χ4n) is 3.95. The summed E-state index contributed by atoms with van der Waals surface area (Å²) in [4.78, 5) is 27.9. The van der Waals surface area contributed by atoms with Gasteiger partial charge in [-0.3, -0.25) is 9.78 Å². The molecule has 0 aliphatic carbocycles. The zero-order valence-electron chi connectivity index (χ0n) is 16.3. The molecule has 0 saturated carbocycles. The Kier molecular flexibility index (Phi) is 5.29. The van der Waals surface area contributed by atoms with E-state index < -0.39 is 5.92 Å². The van der Waals surface area contributed by atoms with E-state index in [0.717, 1.165) is 18.4 Å². The third kappa shape index (κ3) is 4.60. The number of hydrogen-bond acceptors (Lipinski definition) is 6. The molecular formula is C20H24F2N6O. The third-order valence-corrected chi connectivity index (χ3v) is 5.56. The number of aromatic nitrogens is 3. The number of nitrogens with one attached hydrogen (secondary N) is 1. The van der Waals surface area contributed by atoms with Crippen LogP contribution in [-0.2, 0) is 4.79 Å². The lowest BCUT2D eigenvalue weighted by Gasteiger charge is -2.32. The molecule has 0 unspecified atom stereocenters. The van der Waals surface area contributed by atoms with Crippen LogP contribution in [0.2, 0.25) is 0 Å². The first-order valence-electron chi connectivity index (χ1n) is 9.83. The Labute approximate surface area is 168 Å². The van der Waals surface area contributed by atoms with Crippen LogP contribution in [0.15, 0.2) is 30.7 Å². The Bertz CT molecular complexity index is 871. The van der Waals surface area contributed by atoms with Gasteiger partial charge in [-0.05, 0) is 36.5 Å². The lowest BCUT2D eigenvalue weighted by molar-refractivity contribution is -0.129. The van der Waals surface area contributed by atoms with E-state index in [2.05, 4.69) is 20.3 Å². The molecular weight excluding hydrogens is 378 g/mol. The van der Waals surface area contributed by atoms with Crippen molar-refractivity contribution in [1.82, 2.24) is 19.9 Å². The fourth-order valence-corrected chi connectivity index (χ4v) is 3.95. The molecule has 2 fully saturated rings. The summed E-state index contributed by atoms with van der Waals surface area (Å²) in [6, 6.07) is 3.86. The molecule has 2 saturated heterocycles. The quantitative estimate of drug-likeness (QED) is 0.847. The van der Waals surface area contributed by atoms with Crippen molar-refractivity contribution >= 4 is 23.4 Å². The number of likely N-dealkylation sites (tertiary alicyclic amines) is 1. The fraction of sp³-hybridized carbons (Fsp3) is 0.500. The molecule has 7 nitrogen and oxygen atoms in total. The maximum atomic E-state index is 13.8. The number of halogens is 2. The zero-order chi connectivity index (χ0) is 20.4. The van der Waals surface area contributed by atoms with Crippen LogP contribution in [0.1, 0.15) is 37.7 Å². The van der Waals surface area contributed by atoms with Gasteiger partial charge in [-0.1, -0.05) is 0 Å². The Morgan fingerprint density at radius 2 is 1.97 bits per heavy atom. The average Bonchev–Trinajstić information content (AvgIpc) is 3.08. The van der Waals surface area contributed by atoms with Crippen LogP contribution in [0, 0.1) is 0 Å². The van der Waals surface area contributed by atoms with Gasteiger partial charge in [-0.2, -0.15) is 0 Å². The second-order valence-corrected chi connectivity index (χ2v) is 7.67. The second-order valence-electron chi connectivity index (χ2n) is 7.67. The first kappa shape index (κ1) is 19.5. The summed E-state index contributed by atoms with van der Waals surface area (Å²) in [6.07, 6.45) is 6.25. The first-order valence-corrected chi connectivity index (χ1v) is 9.83. The van der Waals surface area contributed by atoms with Crippen molar-refractivity contribution in [2.24, 2.45) is 0 Å². The lowest BCUT2D eigenvalue weighted by Crippen LogP contribution is -2.36. The van der Waals surface area contributed by atoms with Crippen molar-refractivity contribution in [3.63, 3.8) is 0 Å². The van der Waals surface area contributed by atoms with E-state index in [1.807, 2.05) is 17.0 Å². The maximum absolute atomic E-state index is 13.8. The SMILES string of the molecule is CC(=O)N1CCC(c2cc(Nc3cnccn3)nc(N3CCC(F)(F)C3)c2)CC1. The van der Waals surface area contributed by atoms with Gasteiger partial charge in [0.25, 0.3) is 5.92 Å². The molecule has 1 N–H and O–H groups in total. The van der Waals surface area contributed by atoms with Crippen molar-refractivity contribution in [2.45, 2.75) is 38.0 Å². The molecule has 0 bridgehead atoms. The second kappa shape index (κ2) is 7.88. The van der Waals surface area contributed by atoms with E-state index in [9.17, 15) is 13.6 Å². The van der Waals surface area contributed by atoms with Gasteiger partial charge in [0.1, 0.15) is 17.5 Å². The first-order chi connectivity index (χ1) is 13.9. The van der Waals surface area contributed by atoms with Crippen LogP contribution >= 0.6 is 0 Å². The average molecular weight is 402 g/mol. The third-order valence-electron chi connectivity index (χ3n) is 5.56. The van der Waals surface area contributed by atoms with E-state index >= 15 is 0 Å². The summed E-state index contributed by atoms with van der Waals surface area (Å²) in [5.74, 6) is -0.715. The molecule has 29 heavy (non-hydrogen) atoms. The van der Waals surface area contributed by atoms with Crippen LogP contribution in [-0.4, -0.2) is 57.9 Å². The van der Waals surface area contributed by atoms with Gasteiger partial charge in [-0.15, -0.1) is 0 Å². The monoisotopic (exact) mass is 402 g/mol. The molecule has 9 heteroatoms. The molecule has 2 aliphatic heterocycles. The van der Waals surface area contributed by atoms with E-state index in [4.69, 9.17) is 0 Å². The number of carbonyl (C=O) groups excluding carboxylic acids is 1. The van der Waals surface area contributed by atoms with Crippen LogP contribution in [0.5, 0.6) is 0 Å². The number of amides is 1. The highest BCUT2D eigenvalue weighted by molar-refractivity contribution is 5.73. The molecule has 2 aromatic rings. The maximum Gasteiger partial charge on any atom is 0.266 e. The number of carbonyl (C=O) groups is 1. The molecule has 2 aliphatic rings. The summed E-state index contributed by atoms with van der Waals surface area (Å²) >= 11 is 0. The van der Waals surface area contributed by atoms with Crippen molar-refractivity contribution < 1.29 is 13.6 Å². The highest BCUT2D eigenvalue weighted by Gasteiger charge is 2.39. The molecule has 2 aromatic heterocycles. The molecule has 4 rings (SSSR count). The van der Waals surface area contributed by atoms with E-state index in [-0.39, 0.29) is 31.3 Å². The number of nitrogens with zero attached hydrogens (tertiary/aromatic N) is 5. The summed E-state index contributed by atoms with van der Waals surface area (Å²) < 4.78 is 27.5. The number of alkyl halides is 2. The summed E-state index contributed by atoms with van der Waals surface area (Å²) in [7, 11) is 0. The molecule has 1 amide bonds. The van der Waals surface area contributed by atoms with Gasteiger partial charge in [0.2, 0.25) is 5.91 Å². The van der Waals surface area contributed by atoms with Gasteiger partial charge in [0.15, 0.2) is 0 Å². The van der Waals surface area contributed by atoms with Crippen LogP contribution in [0.3, 0.4) is 0 Å². The van der Waals surface area contributed by atoms with Gasteiger partial charge in [-0.25, -0.2) is 18.7 Å². The Hall–Kier alpha value is -2.84. The van der Waals surface area contributed by atoms with Gasteiger partial charge in [0.05, 0.1) is 12.7 Å². The molecule has 0 aromatic carbocycles. The minimum atomic E-state index is -2.69. The van der Waals surface area contributed by atoms with E-state index in [0.29, 0.717) is 30.5 Å². The Morgan fingerprint density at radius 3 is 2.59 bits per heavy atom. The van der Waals surface area contributed by atoms with Crippen molar-refractivity contribution in [2.75, 3.05) is 36.4 Å². The highest BCUT2D eigenvalue weighted by Crippen LogP contribution is 2.35. The Balaban J connectivity index is 1.60. The minimum absolute atomic E-state index is 0.0863. The Morgan fingerprint density at radius 1 is 1.17 bits per heavy atom. The van der Waals surface area contributed by atoms with Crippen molar-refractivity contribution in [3.8, 4) is 0 Å². The normalized spacial score (nSPS) is 19.4. The van der Waals surface area contributed by atoms with E-state index in [1.54, 1.807) is 30.4 Å². The zero-order valence-corrected chi connectivity index (χ0v) is 16.3. The van der Waals surface area contributed by atoms with Gasteiger partial charge < -0.3 is 15.1 Å². The molecule has 154 valence electrons. The summed E-state index contributed by atoms with van der Waals surface area (Å²) in [5, 5.41) is 3.13. The standard InChI is InChI=1S/C20H24F2N6O/c1-14(29)27-7-2-15(3-8-27)16-10-17(25-18-12-23-5-6-24-18)26-19(11-16)28-9-4-20(21,22)13-28/h5-6,10-12,15H,2-4,7-9,13H2,1H3,(H,24,25,26). The number of hydrogen-bond donors (Lipinski definition) is 1. The smallest absolute Gasteiger partial charge is 0.266 e. The van der Waals surface area contributed by atoms with E-state index in [1.165, 1.54) is 0 Å². The number of anilines is 3. The molecule has 0 radical (unpaired) electrons. The highest BCUT2D eigenvalue weighted by atomic mass is 19.3. The molecule has 4 heterocycles. The number of pyridine rings is 1. The van der Waals surface area contributed by atoms with Crippen LogP contribution < -0.4 is 10.2 Å². The summed E-state index contributed by atoms with van der Waals surface area (Å²) in [5.41, 5.74) is 1.04. The topological polar surface area (TPSA) is 74.2 Å². The molecule has 0 spiro atoms. The lowest BCUT2D eigenvalue weighted by atomic mass is 9.89. The van der Waals surface area contributed by atoms with Gasteiger partial charge in [0, 0.05) is 45.4 Å². The van der Waals surface area contributed by atoms with Crippen molar-refractivity contribution in [1.29, 1.82) is 0 Å². The van der Waals surface area contributed by atoms with Gasteiger partial charge >= 0.3 is 0 Å². The largest absolute Gasteiger partial charge is 0.350 e. The minimum Gasteiger partial charge on any atom is -0.350 e. The number of piperidine rings is 1. The predicted molar refractivity (Wildman–Crippen MR) is 106 cm³/mol.